The lowest BCUT2D eigenvalue weighted by molar-refractivity contribution is 0.0555. The van der Waals surface area contributed by atoms with Gasteiger partial charge in [-0.15, -0.1) is 0 Å². The molecular formula is C15H18O5Si. The van der Waals surface area contributed by atoms with Crippen molar-refractivity contribution in [2.75, 3.05) is 14.2 Å². The quantitative estimate of drug-likeness (QED) is 0.644. The molecule has 0 saturated carbocycles. The van der Waals surface area contributed by atoms with E-state index in [1.807, 2.05) is 6.07 Å². The van der Waals surface area contributed by atoms with Gasteiger partial charge in [0.2, 0.25) is 0 Å². The van der Waals surface area contributed by atoms with Crippen molar-refractivity contribution in [1.82, 2.24) is 0 Å². The highest BCUT2D eigenvalue weighted by molar-refractivity contribution is 6.87. The van der Waals surface area contributed by atoms with Crippen molar-refractivity contribution >= 4 is 36.4 Å². The van der Waals surface area contributed by atoms with Crippen LogP contribution < -0.4 is 5.38 Å². The number of fused-ring (bicyclic) bond motifs is 1. The first-order valence-electron chi connectivity index (χ1n) is 6.52. The van der Waals surface area contributed by atoms with Crippen LogP contribution in [0.4, 0.5) is 0 Å². The van der Waals surface area contributed by atoms with Gasteiger partial charge in [-0.1, -0.05) is 19.6 Å². The van der Waals surface area contributed by atoms with Gasteiger partial charge in [0, 0.05) is 5.39 Å². The molecule has 5 nitrogen and oxygen atoms in total. The van der Waals surface area contributed by atoms with Gasteiger partial charge in [0.25, 0.3) is 0 Å². The number of benzene rings is 1. The van der Waals surface area contributed by atoms with E-state index in [1.54, 1.807) is 6.07 Å². The minimum Gasteiger partial charge on any atom is -0.466 e. The molecule has 6 heteroatoms. The molecule has 0 radical (unpaired) electrons. The van der Waals surface area contributed by atoms with E-state index in [1.165, 1.54) is 20.3 Å². The van der Waals surface area contributed by atoms with Gasteiger partial charge in [0.05, 0.1) is 30.7 Å². The van der Waals surface area contributed by atoms with Crippen molar-refractivity contribution in [2.45, 2.75) is 19.6 Å². The van der Waals surface area contributed by atoms with Crippen LogP contribution in [0.25, 0.3) is 11.0 Å². The SMILES string of the molecule is COC(=O)c1cc2cc([Si](C)(C)C)oc2cc1C(=O)OC. The summed E-state index contributed by atoms with van der Waals surface area (Å²) >= 11 is 0. The standard InChI is InChI=1S/C15H18O5Si/c1-18-14(16)10-6-9-7-13(21(3,4)5)20-12(9)8-11(10)15(17)19-2/h6-8H,1-5H3. The highest BCUT2D eigenvalue weighted by Crippen LogP contribution is 2.23. The molecule has 1 heterocycles. The Balaban J connectivity index is 2.70. The number of hydrogen-bond acceptors (Lipinski definition) is 5. The van der Waals surface area contributed by atoms with Crippen LogP contribution in [0.1, 0.15) is 20.7 Å². The minimum atomic E-state index is -1.62. The van der Waals surface area contributed by atoms with Crippen LogP contribution in [0.3, 0.4) is 0 Å². The Labute approximate surface area is 123 Å². The maximum Gasteiger partial charge on any atom is 0.338 e. The van der Waals surface area contributed by atoms with Gasteiger partial charge in [-0.3, -0.25) is 0 Å². The van der Waals surface area contributed by atoms with Crippen molar-refractivity contribution in [3.63, 3.8) is 0 Å². The van der Waals surface area contributed by atoms with Crippen LogP contribution in [0.15, 0.2) is 22.6 Å². The highest BCUT2D eigenvalue weighted by Gasteiger charge is 2.25. The molecule has 1 aromatic carbocycles. The summed E-state index contributed by atoms with van der Waals surface area (Å²) in [6, 6.07) is 5.08. The van der Waals surface area contributed by atoms with Crippen molar-refractivity contribution in [1.29, 1.82) is 0 Å². The zero-order chi connectivity index (χ0) is 15.8. The third-order valence-electron chi connectivity index (χ3n) is 3.21. The maximum atomic E-state index is 11.9. The molecule has 2 aromatic rings. The van der Waals surface area contributed by atoms with E-state index in [4.69, 9.17) is 13.9 Å². The second kappa shape index (κ2) is 5.36. The number of hydrogen-bond donors (Lipinski definition) is 0. The molecule has 21 heavy (non-hydrogen) atoms. The second-order valence-corrected chi connectivity index (χ2v) is 10.8. The van der Waals surface area contributed by atoms with Crippen molar-refractivity contribution in [3.05, 3.63) is 29.3 Å². The number of ether oxygens (including phenoxy) is 2. The summed E-state index contributed by atoms with van der Waals surface area (Å²) in [4.78, 5) is 23.7. The Kier molecular flexibility index (Phi) is 3.91. The van der Waals surface area contributed by atoms with E-state index in [0.29, 0.717) is 5.58 Å². The Hall–Kier alpha value is -2.08. The van der Waals surface area contributed by atoms with Gasteiger partial charge in [-0.25, -0.2) is 9.59 Å². The number of methoxy groups -OCH3 is 2. The number of carbonyl (C=O) groups excluding carboxylic acids is 2. The Morgan fingerprint density at radius 1 is 0.952 bits per heavy atom. The van der Waals surface area contributed by atoms with Gasteiger partial charge >= 0.3 is 11.9 Å². The lowest BCUT2D eigenvalue weighted by atomic mass is 10.1. The number of furan rings is 1. The second-order valence-electron chi connectivity index (χ2n) is 5.78. The average Bonchev–Trinajstić information content (AvgIpc) is 2.87. The fourth-order valence-corrected chi connectivity index (χ4v) is 3.02. The molecule has 0 unspecified atom stereocenters. The maximum absolute atomic E-state index is 11.9. The number of carbonyl (C=O) groups is 2. The molecular weight excluding hydrogens is 288 g/mol. The van der Waals surface area contributed by atoms with Gasteiger partial charge in [0.1, 0.15) is 13.7 Å². The van der Waals surface area contributed by atoms with Crippen LogP contribution in [0, 0.1) is 0 Å². The van der Waals surface area contributed by atoms with Crippen molar-refractivity contribution in [2.24, 2.45) is 0 Å². The fraction of sp³-hybridized carbons (Fsp3) is 0.333. The van der Waals surface area contributed by atoms with Crippen LogP contribution in [0.5, 0.6) is 0 Å². The zero-order valence-corrected chi connectivity index (χ0v) is 13.8. The average molecular weight is 306 g/mol. The van der Waals surface area contributed by atoms with Crippen molar-refractivity contribution in [3.8, 4) is 0 Å². The molecule has 1 aromatic heterocycles. The highest BCUT2D eigenvalue weighted by atomic mass is 28.3. The molecule has 0 fully saturated rings. The molecule has 2 rings (SSSR count). The monoisotopic (exact) mass is 306 g/mol. The molecule has 0 atom stereocenters. The van der Waals surface area contributed by atoms with Gasteiger partial charge in [-0.05, 0) is 18.2 Å². The van der Waals surface area contributed by atoms with Crippen LogP contribution >= 0.6 is 0 Å². The van der Waals surface area contributed by atoms with E-state index in [0.717, 1.165) is 10.8 Å². The molecule has 112 valence electrons. The van der Waals surface area contributed by atoms with Gasteiger partial charge in [0.15, 0.2) is 0 Å². The molecule has 0 amide bonds. The zero-order valence-electron chi connectivity index (χ0n) is 12.8. The van der Waals surface area contributed by atoms with Gasteiger partial charge in [-0.2, -0.15) is 0 Å². The molecule has 0 saturated heterocycles. The Bertz CT molecular complexity index is 656. The van der Waals surface area contributed by atoms with E-state index in [9.17, 15) is 9.59 Å². The predicted molar refractivity (Wildman–Crippen MR) is 81.9 cm³/mol. The van der Waals surface area contributed by atoms with E-state index < -0.39 is 20.0 Å². The van der Waals surface area contributed by atoms with E-state index in [2.05, 4.69) is 19.6 Å². The first kappa shape index (κ1) is 15.3. The first-order chi connectivity index (χ1) is 9.77. The number of esters is 2. The molecule has 0 bridgehead atoms. The lowest BCUT2D eigenvalue weighted by Crippen LogP contribution is -2.36. The summed E-state index contributed by atoms with van der Waals surface area (Å²) < 4.78 is 15.3. The predicted octanol–water partition coefficient (Wildman–Crippen LogP) is 2.55. The first-order valence-corrected chi connectivity index (χ1v) is 10.0. The summed E-state index contributed by atoms with van der Waals surface area (Å²) in [7, 11) is 0.920. The molecule has 0 aliphatic rings. The summed E-state index contributed by atoms with van der Waals surface area (Å²) in [5.41, 5.74) is 0.897. The normalized spacial score (nSPS) is 11.5. The molecule has 0 N–H and O–H groups in total. The number of rotatable bonds is 3. The van der Waals surface area contributed by atoms with Crippen LogP contribution in [-0.4, -0.2) is 34.2 Å². The van der Waals surface area contributed by atoms with Crippen LogP contribution in [-0.2, 0) is 9.47 Å². The third kappa shape index (κ3) is 2.85. The largest absolute Gasteiger partial charge is 0.466 e. The van der Waals surface area contributed by atoms with Crippen molar-refractivity contribution < 1.29 is 23.5 Å². The minimum absolute atomic E-state index is 0.147. The smallest absolute Gasteiger partial charge is 0.338 e. The summed E-state index contributed by atoms with van der Waals surface area (Å²) in [5.74, 6) is -1.17. The topological polar surface area (TPSA) is 65.7 Å². The molecule has 0 spiro atoms. The molecule has 0 aliphatic heterocycles. The Morgan fingerprint density at radius 2 is 1.48 bits per heavy atom. The molecule has 0 aliphatic carbocycles. The summed E-state index contributed by atoms with van der Waals surface area (Å²) in [6.07, 6.45) is 0. The van der Waals surface area contributed by atoms with Gasteiger partial charge < -0.3 is 13.9 Å². The van der Waals surface area contributed by atoms with E-state index in [-0.39, 0.29) is 11.1 Å². The van der Waals surface area contributed by atoms with E-state index >= 15 is 0 Å². The fourth-order valence-electron chi connectivity index (χ4n) is 2.01. The third-order valence-corrected chi connectivity index (χ3v) is 4.93. The summed E-state index contributed by atoms with van der Waals surface area (Å²) in [6.45, 7) is 6.48. The van der Waals surface area contributed by atoms with Crippen LogP contribution in [0.2, 0.25) is 19.6 Å². The lowest BCUT2D eigenvalue weighted by Gasteiger charge is -2.10. The Morgan fingerprint density at radius 3 is 1.95 bits per heavy atom. The summed E-state index contributed by atoms with van der Waals surface area (Å²) in [5, 5.41) is 1.69.